The van der Waals surface area contributed by atoms with Gasteiger partial charge in [0.2, 0.25) is 0 Å². The summed E-state index contributed by atoms with van der Waals surface area (Å²) in [6, 6.07) is 63.5. The average Bonchev–Trinajstić information content (AvgIpc) is 3.01. The summed E-state index contributed by atoms with van der Waals surface area (Å²) in [5.74, 6) is 0. The van der Waals surface area contributed by atoms with Gasteiger partial charge in [-0.25, -0.2) is 0 Å². The first-order valence-corrected chi connectivity index (χ1v) is 16.0. The van der Waals surface area contributed by atoms with Crippen LogP contribution >= 0.6 is 35.6 Å². The summed E-state index contributed by atoms with van der Waals surface area (Å²) in [4.78, 5) is 0. The average molecular weight is 593 g/mol. The van der Waals surface area contributed by atoms with E-state index in [1.165, 1.54) is 31.8 Å². The van der Waals surface area contributed by atoms with Crippen molar-refractivity contribution < 1.29 is 0 Å². The molecular weight excluding hydrogens is 556 g/mol. The highest BCUT2D eigenvalue weighted by molar-refractivity contribution is 7.56. The molecule has 0 N–H and O–H groups in total. The van der Waals surface area contributed by atoms with Crippen LogP contribution < -0.4 is 31.8 Å². The van der Waals surface area contributed by atoms with Crippen molar-refractivity contribution in [3.05, 3.63) is 182 Å². The van der Waals surface area contributed by atoms with E-state index in [2.05, 4.69) is 182 Å². The van der Waals surface area contributed by atoms with Gasteiger partial charge in [0, 0.05) is 0 Å². The van der Waals surface area contributed by atoms with Crippen LogP contribution in [0.1, 0.15) is 0 Å². The molecular formula is C36H36P4. The van der Waals surface area contributed by atoms with Gasteiger partial charge in [-0.1, -0.05) is 208 Å². The first-order chi connectivity index (χ1) is 19.3. The zero-order valence-corrected chi connectivity index (χ0v) is 26.9. The summed E-state index contributed by atoms with van der Waals surface area (Å²) in [6.07, 6.45) is 0. The van der Waals surface area contributed by atoms with Crippen molar-refractivity contribution in [1.29, 1.82) is 0 Å². The standard InChI is InChI=1S/3C12H11P.H3P/c3*1-3-7-11(8-4-1)13-12-9-5-2-6-10-12;/h3*1-10,13H;1H3. The summed E-state index contributed by atoms with van der Waals surface area (Å²) in [7, 11) is 2.33. The van der Waals surface area contributed by atoms with Crippen LogP contribution in [0.2, 0.25) is 0 Å². The fraction of sp³-hybridized carbons (Fsp3) is 0. The van der Waals surface area contributed by atoms with Crippen molar-refractivity contribution in [3.8, 4) is 0 Å². The monoisotopic (exact) mass is 592 g/mol. The Balaban J connectivity index is 0.000000163. The Hall–Kier alpha value is -2.96. The summed E-state index contributed by atoms with van der Waals surface area (Å²) in [6.45, 7) is 0. The Morgan fingerprint density at radius 1 is 0.200 bits per heavy atom. The van der Waals surface area contributed by atoms with Crippen molar-refractivity contribution in [2.45, 2.75) is 0 Å². The Morgan fingerprint density at radius 3 is 0.450 bits per heavy atom. The Kier molecular flexibility index (Phi) is 15.1. The van der Waals surface area contributed by atoms with E-state index < -0.39 is 0 Å². The van der Waals surface area contributed by atoms with E-state index in [1.807, 2.05) is 0 Å². The van der Waals surface area contributed by atoms with E-state index in [0.29, 0.717) is 0 Å². The van der Waals surface area contributed by atoms with Crippen LogP contribution in [0.15, 0.2) is 182 Å². The first kappa shape index (κ1) is 31.6. The predicted molar refractivity (Wildman–Crippen MR) is 193 cm³/mol. The number of hydrogen-bond donors (Lipinski definition) is 0. The number of rotatable bonds is 6. The van der Waals surface area contributed by atoms with Gasteiger partial charge in [0.05, 0.1) is 0 Å². The fourth-order valence-corrected chi connectivity index (χ4v) is 6.78. The molecule has 40 heavy (non-hydrogen) atoms. The molecule has 6 aromatic carbocycles. The number of benzene rings is 6. The normalized spacial score (nSPS) is 9.60. The van der Waals surface area contributed by atoms with Gasteiger partial charge in [0.25, 0.3) is 0 Å². The summed E-state index contributed by atoms with van der Waals surface area (Å²) in [5.41, 5.74) is 0. The van der Waals surface area contributed by atoms with E-state index in [9.17, 15) is 0 Å². The van der Waals surface area contributed by atoms with Crippen LogP contribution in [0.3, 0.4) is 0 Å². The van der Waals surface area contributed by atoms with Crippen molar-refractivity contribution in [3.63, 3.8) is 0 Å². The van der Waals surface area contributed by atoms with Crippen LogP contribution in [0.25, 0.3) is 0 Å². The second-order valence-corrected chi connectivity index (χ2v) is 12.8. The van der Waals surface area contributed by atoms with Gasteiger partial charge in [-0.3, -0.25) is 0 Å². The lowest BCUT2D eigenvalue weighted by Gasteiger charge is -2.00. The largest absolute Gasteiger partial charge is 0.153 e. The van der Waals surface area contributed by atoms with E-state index in [1.54, 1.807) is 0 Å². The van der Waals surface area contributed by atoms with E-state index in [-0.39, 0.29) is 9.90 Å². The molecule has 200 valence electrons. The van der Waals surface area contributed by atoms with Crippen molar-refractivity contribution in [2.75, 3.05) is 0 Å². The zero-order chi connectivity index (χ0) is 26.8. The highest BCUT2D eigenvalue weighted by Gasteiger charge is 1.94. The third-order valence-corrected chi connectivity index (χ3v) is 9.24. The summed E-state index contributed by atoms with van der Waals surface area (Å²) in [5, 5.41) is 8.38. The Bertz CT molecular complexity index is 1130. The molecule has 0 bridgehead atoms. The van der Waals surface area contributed by atoms with Gasteiger partial charge in [0.1, 0.15) is 0 Å². The molecule has 0 saturated heterocycles. The molecule has 6 rings (SSSR count). The molecule has 1 unspecified atom stereocenters. The number of hydrogen-bond acceptors (Lipinski definition) is 0. The Morgan fingerprint density at radius 2 is 0.325 bits per heavy atom. The maximum absolute atomic E-state index is 2.17. The molecule has 0 fully saturated rings. The van der Waals surface area contributed by atoms with Gasteiger partial charge in [-0.15, -0.1) is 0 Å². The van der Waals surface area contributed by atoms with Crippen LogP contribution in [0.5, 0.6) is 0 Å². The lowest BCUT2D eigenvalue weighted by molar-refractivity contribution is 1.76. The van der Waals surface area contributed by atoms with Gasteiger partial charge >= 0.3 is 0 Å². The second kappa shape index (κ2) is 19.2. The van der Waals surface area contributed by atoms with Gasteiger partial charge in [-0.2, -0.15) is 9.90 Å². The van der Waals surface area contributed by atoms with Crippen LogP contribution in [-0.4, -0.2) is 0 Å². The maximum atomic E-state index is 2.17. The minimum atomic E-state index is 0. The van der Waals surface area contributed by atoms with E-state index in [4.69, 9.17) is 0 Å². The minimum absolute atomic E-state index is 0. The Labute approximate surface area is 248 Å². The maximum Gasteiger partial charge on any atom is -0.0226 e. The molecule has 0 aliphatic carbocycles. The van der Waals surface area contributed by atoms with Gasteiger partial charge in [-0.05, 0) is 31.8 Å². The fourth-order valence-electron chi connectivity index (χ4n) is 3.63. The third-order valence-electron chi connectivity index (χ3n) is 5.51. The predicted octanol–water partition coefficient (Wildman–Crippen LogP) is 7.01. The van der Waals surface area contributed by atoms with Crippen LogP contribution in [0, 0.1) is 0 Å². The highest BCUT2D eigenvalue weighted by atomic mass is 31.1. The molecule has 0 amide bonds. The minimum Gasteiger partial charge on any atom is -0.153 e. The molecule has 0 saturated carbocycles. The zero-order valence-electron chi connectivity index (χ0n) is 22.5. The highest BCUT2D eigenvalue weighted by Crippen LogP contribution is 2.10. The second-order valence-electron chi connectivity index (χ2n) is 8.57. The molecule has 0 aliphatic rings. The molecule has 4 heteroatoms. The molecule has 0 heterocycles. The molecule has 6 aromatic rings. The lowest BCUT2D eigenvalue weighted by Crippen LogP contribution is -2.01. The SMILES string of the molecule is P.c1ccc(Pc2ccccc2)cc1.c1ccc(Pc2ccccc2)cc1.c1ccc(Pc2ccccc2)cc1. The van der Waals surface area contributed by atoms with Crippen molar-refractivity contribution >= 4 is 67.5 Å². The van der Waals surface area contributed by atoms with Crippen molar-refractivity contribution in [2.24, 2.45) is 0 Å². The van der Waals surface area contributed by atoms with Gasteiger partial charge in [0.15, 0.2) is 0 Å². The lowest BCUT2D eigenvalue weighted by atomic mass is 10.4. The summed E-state index contributed by atoms with van der Waals surface area (Å²) >= 11 is 0. The molecule has 0 spiro atoms. The molecule has 1 atom stereocenters. The molecule has 0 aromatic heterocycles. The quantitative estimate of drug-likeness (QED) is 0.183. The smallest absolute Gasteiger partial charge is 0.0226 e. The van der Waals surface area contributed by atoms with Gasteiger partial charge < -0.3 is 0 Å². The molecule has 0 radical (unpaired) electrons. The molecule has 0 nitrogen and oxygen atoms in total. The topological polar surface area (TPSA) is 0 Å². The van der Waals surface area contributed by atoms with E-state index >= 15 is 0 Å². The van der Waals surface area contributed by atoms with Crippen LogP contribution in [0.4, 0.5) is 0 Å². The van der Waals surface area contributed by atoms with Crippen molar-refractivity contribution in [1.82, 2.24) is 0 Å². The summed E-state index contributed by atoms with van der Waals surface area (Å²) < 4.78 is 0. The first-order valence-electron chi connectivity index (χ1n) is 13.0. The molecule has 0 aliphatic heterocycles. The third kappa shape index (κ3) is 12.5. The van der Waals surface area contributed by atoms with E-state index in [0.717, 1.165) is 25.7 Å². The van der Waals surface area contributed by atoms with Crippen LogP contribution in [-0.2, 0) is 0 Å².